The van der Waals surface area contributed by atoms with E-state index in [4.69, 9.17) is 4.74 Å². The van der Waals surface area contributed by atoms with Crippen LogP contribution in [-0.2, 0) is 11.8 Å². The lowest BCUT2D eigenvalue weighted by Crippen LogP contribution is -2.59. The third-order valence-corrected chi connectivity index (χ3v) is 7.37. The molecule has 162 valence electrons. The van der Waals surface area contributed by atoms with Crippen LogP contribution in [0.3, 0.4) is 0 Å². The molecule has 9 heteroatoms. The van der Waals surface area contributed by atoms with E-state index in [0.29, 0.717) is 17.9 Å². The second-order valence-electron chi connectivity index (χ2n) is 7.87. The zero-order valence-electron chi connectivity index (χ0n) is 17.5. The number of thioether (sulfide) groups is 1. The molecule has 1 aromatic heterocycles. The molecule has 8 nitrogen and oxygen atoms in total. The van der Waals surface area contributed by atoms with Crippen LogP contribution in [0.4, 0.5) is 10.5 Å². The number of hydrogen-bond donors (Lipinski definition) is 2. The van der Waals surface area contributed by atoms with E-state index in [2.05, 4.69) is 15.5 Å². The summed E-state index contributed by atoms with van der Waals surface area (Å²) in [6.45, 7) is 5.65. The van der Waals surface area contributed by atoms with Crippen molar-refractivity contribution in [2.45, 2.75) is 18.9 Å². The van der Waals surface area contributed by atoms with Gasteiger partial charge in [0.25, 0.3) is 5.56 Å². The number of hydrogen-bond acceptors (Lipinski definition) is 5. The van der Waals surface area contributed by atoms with Crippen molar-refractivity contribution in [3.05, 3.63) is 46.4 Å². The van der Waals surface area contributed by atoms with Crippen molar-refractivity contribution >= 4 is 23.5 Å². The Morgan fingerprint density at radius 1 is 1.23 bits per heavy atom. The van der Waals surface area contributed by atoms with Gasteiger partial charge in [-0.25, -0.2) is 9.48 Å². The minimum atomic E-state index is -0.342. The maximum absolute atomic E-state index is 13.0. The van der Waals surface area contributed by atoms with E-state index in [1.54, 1.807) is 9.36 Å². The summed E-state index contributed by atoms with van der Waals surface area (Å²) in [7, 11) is 1.82. The largest absolute Gasteiger partial charge is 0.379 e. The molecule has 0 aliphatic carbocycles. The number of aromatic nitrogens is 2. The van der Waals surface area contributed by atoms with Crippen LogP contribution < -0.4 is 16.2 Å². The van der Waals surface area contributed by atoms with E-state index in [1.165, 1.54) is 0 Å². The number of para-hydroxylation sites is 1. The molecule has 1 atom stereocenters. The normalized spacial score (nSPS) is 22.2. The highest BCUT2D eigenvalue weighted by molar-refractivity contribution is 7.99. The Kier molecular flexibility index (Phi) is 6.21. The van der Waals surface area contributed by atoms with Crippen molar-refractivity contribution in [2.24, 2.45) is 7.05 Å². The highest BCUT2D eigenvalue weighted by Gasteiger charge is 2.41. The van der Waals surface area contributed by atoms with E-state index >= 15 is 0 Å². The summed E-state index contributed by atoms with van der Waals surface area (Å²) in [5, 5.41) is 5.83. The van der Waals surface area contributed by atoms with Crippen LogP contribution in [0.25, 0.3) is 5.69 Å². The Morgan fingerprint density at radius 2 is 1.97 bits per heavy atom. The average Bonchev–Trinajstić information content (AvgIpc) is 3.34. The molecule has 2 saturated heterocycles. The Labute approximate surface area is 180 Å². The molecule has 0 radical (unpaired) electrons. The number of carbonyl (C=O) groups is 1. The number of rotatable bonds is 5. The molecular weight excluding hydrogens is 402 g/mol. The molecule has 30 heavy (non-hydrogen) atoms. The summed E-state index contributed by atoms with van der Waals surface area (Å²) < 4.78 is 8.82. The van der Waals surface area contributed by atoms with Crippen molar-refractivity contribution in [2.75, 3.05) is 49.7 Å². The fraction of sp³-hybridized carbons (Fsp3) is 0.524. The summed E-state index contributed by atoms with van der Waals surface area (Å²) in [6, 6.07) is 9.07. The highest BCUT2D eigenvalue weighted by atomic mass is 32.2. The number of morpholine rings is 1. The summed E-state index contributed by atoms with van der Waals surface area (Å²) in [5.74, 6) is 2.10. The Balaban J connectivity index is 1.47. The zero-order valence-corrected chi connectivity index (χ0v) is 18.3. The van der Waals surface area contributed by atoms with Crippen LogP contribution in [-0.4, -0.2) is 70.2 Å². The van der Waals surface area contributed by atoms with Crippen LogP contribution in [0, 0.1) is 6.92 Å². The van der Waals surface area contributed by atoms with E-state index in [1.807, 2.05) is 56.1 Å². The second kappa shape index (κ2) is 8.87. The minimum Gasteiger partial charge on any atom is -0.379 e. The van der Waals surface area contributed by atoms with Crippen LogP contribution in [0.1, 0.15) is 12.1 Å². The SMILES string of the molecule is Cc1c(NC(=O)NCC2(N3CCOCC3)CCSC2)c(=O)n(-c2ccccc2)n1C. The molecule has 1 unspecified atom stereocenters. The van der Waals surface area contributed by atoms with Crippen LogP contribution in [0.15, 0.2) is 35.1 Å². The van der Waals surface area contributed by atoms with Gasteiger partial charge in [0.15, 0.2) is 0 Å². The predicted molar refractivity (Wildman–Crippen MR) is 120 cm³/mol. The molecule has 2 amide bonds. The van der Waals surface area contributed by atoms with Gasteiger partial charge in [0.1, 0.15) is 5.69 Å². The van der Waals surface area contributed by atoms with Crippen molar-refractivity contribution in [1.29, 1.82) is 0 Å². The number of urea groups is 1. The lowest BCUT2D eigenvalue weighted by molar-refractivity contribution is -0.0123. The van der Waals surface area contributed by atoms with Gasteiger partial charge < -0.3 is 15.4 Å². The zero-order chi connectivity index (χ0) is 21.1. The summed E-state index contributed by atoms with van der Waals surface area (Å²) in [4.78, 5) is 28.2. The van der Waals surface area contributed by atoms with Gasteiger partial charge in [-0.15, -0.1) is 0 Å². The molecular formula is C21H29N5O3S. The van der Waals surface area contributed by atoms with E-state index in [-0.39, 0.29) is 17.1 Å². The number of amides is 2. The maximum atomic E-state index is 13.0. The molecule has 0 bridgehead atoms. The molecule has 2 aliphatic rings. The minimum absolute atomic E-state index is 0.0399. The van der Waals surface area contributed by atoms with Gasteiger partial charge in [-0.3, -0.25) is 14.4 Å². The van der Waals surface area contributed by atoms with Crippen LogP contribution in [0.2, 0.25) is 0 Å². The lowest BCUT2D eigenvalue weighted by Gasteiger charge is -2.43. The number of benzene rings is 1. The first-order valence-electron chi connectivity index (χ1n) is 10.3. The van der Waals surface area contributed by atoms with Crippen molar-refractivity contribution in [1.82, 2.24) is 19.6 Å². The molecule has 1 aromatic carbocycles. The molecule has 2 aliphatic heterocycles. The molecule has 3 heterocycles. The van der Waals surface area contributed by atoms with Crippen molar-refractivity contribution in [3.8, 4) is 5.69 Å². The number of carbonyl (C=O) groups excluding carboxylic acids is 1. The van der Waals surface area contributed by atoms with Crippen molar-refractivity contribution in [3.63, 3.8) is 0 Å². The van der Waals surface area contributed by atoms with Gasteiger partial charge in [0, 0.05) is 38.0 Å². The van der Waals surface area contributed by atoms with Crippen LogP contribution >= 0.6 is 11.8 Å². The third kappa shape index (κ3) is 4.01. The number of anilines is 1. The van der Waals surface area contributed by atoms with Gasteiger partial charge in [-0.2, -0.15) is 11.8 Å². The molecule has 4 rings (SSSR count). The number of nitrogens with one attached hydrogen (secondary N) is 2. The van der Waals surface area contributed by atoms with Crippen molar-refractivity contribution < 1.29 is 9.53 Å². The molecule has 2 aromatic rings. The highest BCUT2D eigenvalue weighted by Crippen LogP contribution is 2.33. The first-order valence-corrected chi connectivity index (χ1v) is 11.5. The summed E-state index contributed by atoms with van der Waals surface area (Å²) >= 11 is 1.93. The molecule has 0 saturated carbocycles. The molecule has 0 spiro atoms. The van der Waals surface area contributed by atoms with Gasteiger partial charge in [0.2, 0.25) is 0 Å². The average molecular weight is 432 g/mol. The maximum Gasteiger partial charge on any atom is 0.319 e. The Morgan fingerprint density at radius 3 is 2.63 bits per heavy atom. The monoisotopic (exact) mass is 431 g/mol. The second-order valence-corrected chi connectivity index (χ2v) is 8.98. The number of ether oxygens (including phenoxy) is 1. The van der Waals surface area contributed by atoms with Gasteiger partial charge in [-0.1, -0.05) is 18.2 Å². The predicted octanol–water partition coefficient (Wildman–Crippen LogP) is 1.81. The fourth-order valence-corrected chi connectivity index (χ4v) is 5.73. The van der Waals surface area contributed by atoms with E-state index in [9.17, 15) is 9.59 Å². The number of nitrogens with zero attached hydrogens (tertiary/aromatic N) is 3. The van der Waals surface area contributed by atoms with Gasteiger partial charge >= 0.3 is 6.03 Å². The summed E-state index contributed by atoms with van der Waals surface area (Å²) in [6.07, 6.45) is 1.04. The van der Waals surface area contributed by atoms with Gasteiger partial charge in [-0.05, 0) is 31.2 Å². The fourth-order valence-electron chi connectivity index (χ4n) is 4.25. The topological polar surface area (TPSA) is 80.5 Å². The van der Waals surface area contributed by atoms with Crippen LogP contribution in [0.5, 0.6) is 0 Å². The quantitative estimate of drug-likeness (QED) is 0.755. The smallest absolute Gasteiger partial charge is 0.319 e. The first-order chi connectivity index (χ1) is 14.5. The molecule has 2 N–H and O–H groups in total. The third-order valence-electron chi connectivity index (χ3n) is 6.14. The van der Waals surface area contributed by atoms with Gasteiger partial charge in [0.05, 0.1) is 24.6 Å². The summed E-state index contributed by atoms with van der Waals surface area (Å²) in [5.41, 5.74) is 1.49. The standard InChI is InChI=1S/C21H29N5O3S/c1-16-18(19(27)26(24(16)2)17-6-4-3-5-7-17)23-20(28)22-14-21(8-13-30-15-21)25-9-11-29-12-10-25/h3-7H,8-15H2,1-2H3,(H2,22,23,28). The first kappa shape index (κ1) is 21.0. The molecule has 2 fully saturated rings. The Hall–Kier alpha value is -2.23. The Bertz CT molecular complexity index is 944. The van der Waals surface area contributed by atoms with E-state index in [0.717, 1.165) is 49.9 Å². The lowest BCUT2D eigenvalue weighted by atomic mass is 9.95. The van der Waals surface area contributed by atoms with E-state index < -0.39 is 0 Å².